The van der Waals surface area contributed by atoms with Gasteiger partial charge in [0.1, 0.15) is 11.8 Å². The number of aldehydes is 1. The zero-order chi connectivity index (χ0) is 12.8. The summed E-state index contributed by atoms with van der Waals surface area (Å²) in [5.41, 5.74) is 0.418. The molecule has 2 rings (SSSR count). The molecule has 18 heavy (non-hydrogen) atoms. The highest BCUT2D eigenvalue weighted by atomic mass is 35.5. The Hall–Kier alpha value is -1.17. The minimum absolute atomic E-state index is 0.297. The molecule has 0 N–H and O–H groups in total. The minimum atomic E-state index is 0.297. The van der Waals surface area contributed by atoms with Crippen molar-refractivity contribution in [1.82, 2.24) is 9.88 Å². The lowest BCUT2D eigenvalue weighted by molar-refractivity contribution is 0.0319. The van der Waals surface area contributed by atoms with Gasteiger partial charge in [-0.1, -0.05) is 11.6 Å². The largest absolute Gasteiger partial charge is 0.476 e. The third-order valence-electron chi connectivity index (χ3n) is 2.73. The van der Waals surface area contributed by atoms with E-state index in [4.69, 9.17) is 21.1 Å². The van der Waals surface area contributed by atoms with Gasteiger partial charge in [0.05, 0.1) is 18.8 Å². The Morgan fingerprint density at radius 1 is 1.44 bits per heavy atom. The van der Waals surface area contributed by atoms with Crippen LogP contribution in [0.5, 0.6) is 5.88 Å². The number of pyridine rings is 1. The lowest BCUT2D eigenvalue weighted by atomic mass is 10.3. The number of halogens is 1. The van der Waals surface area contributed by atoms with Crippen LogP contribution in [-0.2, 0) is 4.74 Å². The predicted molar refractivity (Wildman–Crippen MR) is 67.4 cm³/mol. The summed E-state index contributed by atoms with van der Waals surface area (Å²) in [6.07, 6.45) is 0.716. The highest BCUT2D eigenvalue weighted by Gasteiger charge is 2.11. The van der Waals surface area contributed by atoms with E-state index in [-0.39, 0.29) is 0 Å². The van der Waals surface area contributed by atoms with E-state index >= 15 is 0 Å². The monoisotopic (exact) mass is 270 g/mol. The van der Waals surface area contributed by atoms with Gasteiger partial charge in [0.2, 0.25) is 5.88 Å². The van der Waals surface area contributed by atoms with Gasteiger partial charge in [-0.25, -0.2) is 4.98 Å². The zero-order valence-electron chi connectivity index (χ0n) is 9.97. The number of carbonyl (C=O) groups is 1. The lowest BCUT2D eigenvalue weighted by Crippen LogP contribution is -2.38. The SMILES string of the molecule is O=Cc1ccc(Cl)nc1OCCN1CCOCC1. The van der Waals surface area contributed by atoms with Crippen molar-refractivity contribution in [3.8, 4) is 5.88 Å². The molecule has 0 radical (unpaired) electrons. The molecule has 0 aromatic carbocycles. The normalized spacial score (nSPS) is 16.5. The van der Waals surface area contributed by atoms with Crippen molar-refractivity contribution in [3.05, 3.63) is 22.8 Å². The van der Waals surface area contributed by atoms with Crippen LogP contribution < -0.4 is 4.74 Å². The van der Waals surface area contributed by atoms with E-state index in [1.54, 1.807) is 12.1 Å². The molecule has 98 valence electrons. The van der Waals surface area contributed by atoms with Crippen molar-refractivity contribution >= 4 is 17.9 Å². The fraction of sp³-hybridized carbons (Fsp3) is 0.500. The van der Waals surface area contributed by atoms with E-state index in [9.17, 15) is 4.79 Å². The van der Waals surface area contributed by atoms with E-state index < -0.39 is 0 Å². The molecule has 0 unspecified atom stereocenters. The predicted octanol–water partition coefficient (Wildman–Crippen LogP) is 1.26. The highest BCUT2D eigenvalue weighted by Crippen LogP contribution is 2.17. The van der Waals surface area contributed by atoms with Gasteiger partial charge in [-0.05, 0) is 12.1 Å². The van der Waals surface area contributed by atoms with E-state index in [1.807, 2.05) is 0 Å². The number of morpholine rings is 1. The Kier molecular flexibility index (Phi) is 4.92. The van der Waals surface area contributed by atoms with Crippen LogP contribution in [0.25, 0.3) is 0 Å². The second-order valence-corrected chi connectivity index (χ2v) is 4.34. The molecule has 1 saturated heterocycles. The number of rotatable bonds is 5. The number of ether oxygens (including phenoxy) is 2. The van der Waals surface area contributed by atoms with Crippen LogP contribution in [0.4, 0.5) is 0 Å². The van der Waals surface area contributed by atoms with Gasteiger partial charge >= 0.3 is 0 Å². The van der Waals surface area contributed by atoms with Crippen molar-refractivity contribution in [2.24, 2.45) is 0 Å². The van der Waals surface area contributed by atoms with E-state index in [2.05, 4.69) is 9.88 Å². The fourth-order valence-corrected chi connectivity index (χ4v) is 1.87. The lowest BCUT2D eigenvalue weighted by Gasteiger charge is -2.26. The van der Waals surface area contributed by atoms with Crippen LogP contribution in [0, 0.1) is 0 Å². The summed E-state index contributed by atoms with van der Waals surface area (Å²) in [4.78, 5) is 17.1. The molecule has 2 heterocycles. The number of hydrogen-bond acceptors (Lipinski definition) is 5. The first-order chi connectivity index (χ1) is 8.79. The van der Waals surface area contributed by atoms with Crippen molar-refractivity contribution in [2.75, 3.05) is 39.5 Å². The molecular formula is C12H15ClN2O3. The maximum atomic E-state index is 10.8. The minimum Gasteiger partial charge on any atom is -0.476 e. The summed E-state index contributed by atoms with van der Waals surface area (Å²) in [6, 6.07) is 3.17. The Labute approximate surface area is 111 Å². The van der Waals surface area contributed by atoms with Crippen LogP contribution in [0.15, 0.2) is 12.1 Å². The molecule has 1 fully saturated rings. The van der Waals surface area contributed by atoms with Gasteiger partial charge in [0.15, 0.2) is 6.29 Å². The highest BCUT2D eigenvalue weighted by molar-refractivity contribution is 6.29. The van der Waals surface area contributed by atoms with Crippen LogP contribution >= 0.6 is 11.6 Å². The Morgan fingerprint density at radius 3 is 2.94 bits per heavy atom. The summed E-state index contributed by atoms with van der Waals surface area (Å²) in [7, 11) is 0. The molecule has 5 nitrogen and oxygen atoms in total. The summed E-state index contributed by atoms with van der Waals surface area (Å²) >= 11 is 5.77. The number of nitrogens with zero attached hydrogens (tertiary/aromatic N) is 2. The summed E-state index contributed by atoms with van der Waals surface area (Å²) in [5.74, 6) is 0.297. The van der Waals surface area contributed by atoms with Gasteiger partial charge in [0, 0.05) is 19.6 Å². The Balaban J connectivity index is 1.85. The average Bonchev–Trinajstić information content (AvgIpc) is 2.40. The molecule has 1 aliphatic rings. The Bertz CT molecular complexity index is 408. The molecule has 0 saturated carbocycles. The number of carbonyl (C=O) groups excluding carboxylic acids is 1. The molecule has 0 amide bonds. The smallest absolute Gasteiger partial charge is 0.225 e. The first-order valence-corrected chi connectivity index (χ1v) is 6.22. The number of hydrogen-bond donors (Lipinski definition) is 0. The molecule has 6 heteroatoms. The van der Waals surface area contributed by atoms with Gasteiger partial charge in [0.25, 0.3) is 0 Å². The van der Waals surface area contributed by atoms with Crippen LogP contribution in [0.2, 0.25) is 5.15 Å². The molecule has 0 bridgehead atoms. The standard InChI is InChI=1S/C12H15ClN2O3/c13-11-2-1-10(9-16)12(14-11)18-8-5-15-3-6-17-7-4-15/h1-2,9H,3-8H2. The summed E-state index contributed by atoms with van der Waals surface area (Å²) < 4.78 is 10.8. The topological polar surface area (TPSA) is 51.7 Å². The van der Waals surface area contributed by atoms with E-state index in [0.717, 1.165) is 32.8 Å². The van der Waals surface area contributed by atoms with Gasteiger partial charge in [-0.15, -0.1) is 0 Å². The van der Waals surface area contributed by atoms with Gasteiger partial charge in [-0.3, -0.25) is 9.69 Å². The molecular weight excluding hydrogens is 256 g/mol. The third kappa shape index (κ3) is 3.66. The van der Waals surface area contributed by atoms with E-state index in [0.29, 0.717) is 29.5 Å². The van der Waals surface area contributed by atoms with E-state index in [1.165, 1.54) is 0 Å². The third-order valence-corrected chi connectivity index (χ3v) is 2.94. The van der Waals surface area contributed by atoms with Crippen molar-refractivity contribution < 1.29 is 14.3 Å². The molecule has 1 aromatic heterocycles. The average molecular weight is 271 g/mol. The molecule has 0 spiro atoms. The van der Waals surface area contributed by atoms with Gasteiger partial charge < -0.3 is 9.47 Å². The quantitative estimate of drug-likeness (QED) is 0.596. The maximum Gasteiger partial charge on any atom is 0.225 e. The molecule has 1 aliphatic heterocycles. The molecule has 0 atom stereocenters. The van der Waals surface area contributed by atoms with Crippen LogP contribution in [-0.4, -0.2) is 55.6 Å². The summed E-state index contributed by atoms with van der Waals surface area (Å²) in [5, 5.41) is 0.321. The van der Waals surface area contributed by atoms with Crippen molar-refractivity contribution in [3.63, 3.8) is 0 Å². The summed E-state index contributed by atoms with van der Waals surface area (Å²) in [6.45, 7) is 4.60. The second kappa shape index (κ2) is 6.68. The van der Waals surface area contributed by atoms with Crippen LogP contribution in [0.3, 0.4) is 0 Å². The zero-order valence-corrected chi connectivity index (χ0v) is 10.7. The van der Waals surface area contributed by atoms with Crippen LogP contribution in [0.1, 0.15) is 10.4 Å². The molecule has 0 aliphatic carbocycles. The number of aromatic nitrogens is 1. The second-order valence-electron chi connectivity index (χ2n) is 3.95. The van der Waals surface area contributed by atoms with Crippen molar-refractivity contribution in [1.29, 1.82) is 0 Å². The van der Waals surface area contributed by atoms with Crippen molar-refractivity contribution in [2.45, 2.75) is 0 Å². The van der Waals surface area contributed by atoms with Gasteiger partial charge in [-0.2, -0.15) is 0 Å². The first kappa shape index (κ1) is 13.3. The fourth-order valence-electron chi connectivity index (χ4n) is 1.73. The first-order valence-electron chi connectivity index (χ1n) is 5.84. The Morgan fingerprint density at radius 2 is 2.22 bits per heavy atom. The maximum absolute atomic E-state index is 10.8. The molecule has 1 aromatic rings.